The summed E-state index contributed by atoms with van der Waals surface area (Å²) in [6.07, 6.45) is 7.12. The number of benzene rings is 1. The minimum Gasteiger partial charge on any atom is -0.259 e. The Morgan fingerprint density at radius 2 is 1.88 bits per heavy atom. The Bertz CT molecular complexity index is 1110. The van der Waals surface area contributed by atoms with Crippen molar-refractivity contribution < 1.29 is 0 Å². The lowest BCUT2D eigenvalue weighted by molar-refractivity contribution is 0.566. The molecule has 0 aliphatic heterocycles. The van der Waals surface area contributed by atoms with Crippen molar-refractivity contribution in [1.82, 2.24) is 40.4 Å². The molecule has 0 saturated carbocycles. The van der Waals surface area contributed by atoms with E-state index in [4.69, 9.17) is 15.1 Å². The number of nitrogens with one attached hydrogen (secondary N) is 1. The fourth-order valence-electron chi connectivity index (χ4n) is 3.64. The Labute approximate surface area is 188 Å². The summed E-state index contributed by atoms with van der Waals surface area (Å²) in [5.41, 5.74) is 3.96. The smallest absolute Gasteiger partial charge is 0.180 e. The number of pyridine rings is 1. The molecule has 4 aromatic rings. The Morgan fingerprint density at radius 1 is 1.03 bits per heavy atom. The van der Waals surface area contributed by atoms with Gasteiger partial charge in [-0.1, -0.05) is 57.5 Å². The fraction of sp³-hybridized carbons (Fsp3) is 0.417. The molecule has 1 N–H and O–H groups in total. The zero-order chi connectivity index (χ0) is 22.3. The monoisotopic (exact) mass is 430 g/mol. The van der Waals surface area contributed by atoms with Gasteiger partial charge in [0, 0.05) is 30.2 Å². The third-order valence-electron chi connectivity index (χ3n) is 5.47. The number of aryl methyl sites for hydroxylation is 2. The SMILES string of the molecule is CCCCc1nc(CCC(C)C)nn1Cc1ccc(-c2ccccc2-c2nnn[nH]2)cn1. The maximum Gasteiger partial charge on any atom is 0.180 e. The van der Waals surface area contributed by atoms with Crippen LogP contribution in [0.5, 0.6) is 0 Å². The first-order valence-electron chi connectivity index (χ1n) is 11.3. The topological polar surface area (TPSA) is 98.1 Å². The summed E-state index contributed by atoms with van der Waals surface area (Å²) < 4.78 is 2.03. The lowest BCUT2D eigenvalue weighted by Gasteiger charge is -2.09. The maximum atomic E-state index is 4.82. The Kier molecular flexibility index (Phi) is 6.99. The summed E-state index contributed by atoms with van der Waals surface area (Å²) in [7, 11) is 0. The number of rotatable bonds is 10. The summed E-state index contributed by atoms with van der Waals surface area (Å²) in [5.74, 6) is 3.28. The van der Waals surface area contributed by atoms with Crippen LogP contribution in [0.25, 0.3) is 22.5 Å². The molecule has 1 aromatic carbocycles. The molecule has 0 fully saturated rings. The van der Waals surface area contributed by atoms with Crippen molar-refractivity contribution in [2.24, 2.45) is 5.92 Å². The molecule has 0 unspecified atom stereocenters. The highest BCUT2D eigenvalue weighted by molar-refractivity contribution is 5.79. The van der Waals surface area contributed by atoms with Crippen molar-refractivity contribution in [1.29, 1.82) is 0 Å². The lowest BCUT2D eigenvalue weighted by Crippen LogP contribution is -2.08. The van der Waals surface area contributed by atoms with Crippen LogP contribution in [0.1, 0.15) is 57.4 Å². The fourth-order valence-corrected chi connectivity index (χ4v) is 3.64. The molecule has 4 rings (SSSR count). The minimum atomic E-state index is 0.627. The highest BCUT2D eigenvalue weighted by Crippen LogP contribution is 2.29. The van der Waals surface area contributed by atoms with Gasteiger partial charge < -0.3 is 0 Å². The molecule has 0 bridgehead atoms. The Balaban J connectivity index is 1.54. The average molecular weight is 431 g/mol. The Morgan fingerprint density at radius 3 is 2.56 bits per heavy atom. The zero-order valence-corrected chi connectivity index (χ0v) is 19.0. The summed E-state index contributed by atoms with van der Waals surface area (Å²) in [4.78, 5) is 9.55. The van der Waals surface area contributed by atoms with Crippen molar-refractivity contribution in [2.45, 2.75) is 59.4 Å². The second-order valence-electron chi connectivity index (χ2n) is 8.47. The van der Waals surface area contributed by atoms with Gasteiger partial charge in [-0.25, -0.2) is 14.8 Å². The molecule has 3 aromatic heterocycles. The van der Waals surface area contributed by atoms with Crippen LogP contribution in [0.2, 0.25) is 0 Å². The van der Waals surface area contributed by atoms with E-state index >= 15 is 0 Å². The van der Waals surface area contributed by atoms with E-state index in [-0.39, 0.29) is 0 Å². The van der Waals surface area contributed by atoms with Crippen LogP contribution < -0.4 is 0 Å². The number of aromatic amines is 1. The van der Waals surface area contributed by atoms with Crippen molar-refractivity contribution in [3.63, 3.8) is 0 Å². The van der Waals surface area contributed by atoms with E-state index in [2.05, 4.69) is 59.6 Å². The normalized spacial score (nSPS) is 11.4. The van der Waals surface area contributed by atoms with E-state index in [9.17, 15) is 0 Å². The van der Waals surface area contributed by atoms with Gasteiger partial charge in [0.15, 0.2) is 11.6 Å². The molecule has 166 valence electrons. The highest BCUT2D eigenvalue weighted by Gasteiger charge is 2.13. The predicted molar refractivity (Wildman–Crippen MR) is 124 cm³/mol. The van der Waals surface area contributed by atoms with Gasteiger partial charge in [0.25, 0.3) is 0 Å². The molecular formula is C24H30N8. The zero-order valence-electron chi connectivity index (χ0n) is 19.0. The van der Waals surface area contributed by atoms with Gasteiger partial charge in [-0.15, -0.1) is 5.10 Å². The van der Waals surface area contributed by atoms with Gasteiger partial charge in [0.05, 0.1) is 12.2 Å². The number of tetrazole rings is 1. The molecule has 8 heteroatoms. The quantitative estimate of drug-likeness (QED) is 0.398. The van der Waals surface area contributed by atoms with E-state index in [1.807, 2.05) is 29.1 Å². The van der Waals surface area contributed by atoms with Gasteiger partial charge in [-0.05, 0) is 40.8 Å². The number of hydrogen-bond donors (Lipinski definition) is 1. The van der Waals surface area contributed by atoms with Crippen molar-refractivity contribution in [3.8, 4) is 22.5 Å². The van der Waals surface area contributed by atoms with Crippen LogP contribution in [0.4, 0.5) is 0 Å². The van der Waals surface area contributed by atoms with Gasteiger partial charge in [0.2, 0.25) is 0 Å². The highest BCUT2D eigenvalue weighted by atomic mass is 15.5. The van der Waals surface area contributed by atoms with Crippen molar-refractivity contribution in [3.05, 3.63) is 59.9 Å². The first-order valence-corrected chi connectivity index (χ1v) is 11.3. The van der Waals surface area contributed by atoms with Crippen molar-refractivity contribution in [2.75, 3.05) is 0 Å². The van der Waals surface area contributed by atoms with E-state index < -0.39 is 0 Å². The van der Waals surface area contributed by atoms with E-state index in [0.717, 1.165) is 66.1 Å². The van der Waals surface area contributed by atoms with Crippen LogP contribution in [0.3, 0.4) is 0 Å². The number of aromatic nitrogens is 8. The standard InChI is InChI=1S/C24H30N8/c1-4-5-10-23-26-22(14-11-17(2)3)29-32(23)16-19-13-12-18(15-25-19)20-8-6-7-9-21(20)24-27-30-31-28-24/h6-9,12-13,15,17H,4-5,10-11,14,16H2,1-3H3,(H,27,28,30,31). The molecule has 0 atom stereocenters. The van der Waals surface area contributed by atoms with Crippen molar-refractivity contribution >= 4 is 0 Å². The molecule has 8 nitrogen and oxygen atoms in total. The van der Waals surface area contributed by atoms with Gasteiger partial charge in [0.1, 0.15) is 5.82 Å². The second-order valence-corrected chi connectivity index (χ2v) is 8.47. The first kappa shape index (κ1) is 21.8. The summed E-state index contributed by atoms with van der Waals surface area (Å²) in [5, 5.41) is 19.1. The molecule has 0 aliphatic rings. The van der Waals surface area contributed by atoms with Crippen LogP contribution in [0.15, 0.2) is 42.6 Å². The summed E-state index contributed by atoms with van der Waals surface area (Å²) in [6.45, 7) is 7.30. The lowest BCUT2D eigenvalue weighted by atomic mass is 10.0. The molecular weight excluding hydrogens is 400 g/mol. The third kappa shape index (κ3) is 5.25. The largest absolute Gasteiger partial charge is 0.259 e. The predicted octanol–water partition coefficient (Wildman–Crippen LogP) is 4.50. The van der Waals surface area contributed by atoms with Gasteiger partial charge in [-0.3, -0.25) is 4.98 Å². The summed E-state index contributed by atoms with van der Waals surface area (Å²) in [6, 6.07) is 12.2. The average Bonchev–Trinajstić information content (AvgIpc) is 3.47. The molecule has 3 heterocycles. The van der Waals surface area contributed by atoms with Gasteiger partial charge in [-0.2, -0.15) is 5.10 Å². The Hall–Kier alpha value is -3.42. The molecule has 0 spiro atoms. The maximum absolute atomic E-state index is 4.82. The van der Waals surface area contributed by atoms with Crippen LogP contribution in [-0.4, -0.2) is 40.4 Å². The second kappa shape index (κ2) is 10.3. The van der Waals surface area contributed by atoms with E-state index in [0.29, 0.717) is 18.3 Å². The number of nitrogens with zero attached hydrogens (tertiary/aromatic N) is 7. The van der Waals surface area contributed by atoms with Gasteiger partial charge >= 0.3 is 0 Å². The first-order chi connectivity index (χ1) is 15.6. The number of hydrogen-bond acceptors (Lipinski definition) is 6. The number of unbranched alkanes of at least 4 members (excludes halogenated alkanes) is 1. The molecule has 32 heavy (non-hydrogen) atoms. The minimum absolute atomic E-state index is 0.627. The third-order valence-corrected chi connectivity index (χ3v) is 5.47. The van der Waals surface area contributed by atoms with Crippen LogP contribution in [-0.2, 0) is 19.4 Å². The molecule has 0 aliphatic carbocycles. The number of H-pyrrole nitrogens is 1. The summed E-state index contributed by atoms with van der Waals surface area (Å²) >= 11 is 0. The van der Waals surface area contributed by atoms with E-state index in [1.165, 1.54) is 0 Å². The van der Waals surface area contributed by atoms with E-state index in [1.54, 1.807) is 0 Å². The van der Waals surface area contributed by atoms with Crippen LogP contribution in [0, 0.1) is 5.92 Å². The molecule has 0 amide bonds. The molecule has 0 saturated heterocycles. The van der Waals surface area contributed by atoms with Crippen LogP contribution >= 0.6 is 0 Å². The molecule has 0 radical (unpaired) electrons.